The lowest BCUT2D eigenvalue weighted by atomic mass is 10.1. The lowest BCUT2D eigenvalue weighted by molar-refractivity contribution is -0.140. The molecule has 0 aliphatic heterocycles. The zero-order valence-electron chi connectivity index (χ0n) is 21.2. The molecule has 0 spiro atoms. The summed E-state index contributed by atoms with van der Waals surface area (Å²) in [4.78, 5) is 27.6. The molecule has 2 aromatic rings. The minimum atomic E-state index is -3.57. The molecule has 0 aliphatic carbocycles. The van der Waals surface area contributed by atoms with Gasteiger partial charge in [0.25, 0.3) is 0 Å². The number of carbonyl (C=O) groups excluding carboxylic acids is 2. The average Bonchev–Trinajstić information content (AvgIpc) is 2.84. The highest BCUT2D eigenvalue weighted by molar-refractivity contribution is 7.92. The molecule has 2 rings (SSSR count). The van der Waals surface area contributed by atoms with E-state index in [1.54, 1.807) is 36.1 Å². The van der Waals surface area contributed by atoms with Crippen molar-refractivity contribution in [2.24, 2.45) is 0 Å². The molecular formula is C26H37N3O5S. The smallest absolute Gasteiger partial charge is 0.242 e. The van der Waals surface area contributed by atoms with Gasteiger partial charge in [-0.2, -0.15) is 0 Å². The van der Waals surface area contributed by atoms with Crippen molar-refractivity contribution >= 4 is 27.5 Å². The number of nitrogens with one attached hydrogen (secondary N) is 1. The summed E-state index contributed by atoms with van der Waals surface area (Å²) in [5.41, 5.74) is 1.39. The number of hydrogen-bond acceptors (Lipinski definition) is 5. The van der Waals surface area contributed by atoms with Crippen LogP contribution in [0.1, 0.15) is 45.6 Å². The number of anilines is 1. The van der Waals surface area contributed by atoms with Gasteiger partial charge in [-0.25, -0.2) is 8.42 Å². The van der Waals surface area contributed by atoms with Crippen molar-refractivity contribution in [3.63, 3.8) is 0 Å². The molecule has 2 aromatic carbocycles. The van der Waals surface area contributed by atoms with Crippen molar-refractivity contribution < 1.29 is 22.7 Å². The monoisotopic (exact) mass is 503 g/mol. The lowest BCUT2D eigenvalue weighted by Gasteiger charge is -2.30. The van der Waals surface area contributed by atoms with Crippen LogP contribution in [-0.2, 0) is 26.2 Å². The Hall–Kier alpha value is -3.07. The highest BCUT2D eigenvalue weighted by Crippen LogP contribution is 2.24. The third-order valence-corrected chi connectivity index (χ3v) is 7.05. The number of hydrogen-bond donors (Lipinski definition) is 1. The van der Waals surface area contributed by atoms with Gasteiger partial charge in [-0.1, -0.05) is 43.3 Å². The maximum Gasteiger partial charge on any atom is 0.242 e. The van der Waals surface area contributed by atoms with Crippen LogP contribution in [0.15, 0.2) is 54.6 Å². The first kappa shape index (κ1) is 28.2. The van der Waals surface area contributed by atoms with Gasteiger partial charge in [0.2, 0.25) is 21.8 Å². The van der Waals surface area contributed by atoms with E-state index in [2.05, 4.69) is 5.32 Å². The van der Waals surface area contributed by atoms with E-state index in [4.69, 9.17) is 4.74 Å². The van der Waals surface area contributed by atoms with Crippen molar-refractivity contribution in [3.8, 4) is 5.75 Å². The van der Waals surface area contributed by atoms with Gasteiger partial charge < -0.3 is 15.0 Å². The second-order valence-corrected chi connectivity index (χ2v) is 10.5. The fourth-order valence-corrected chi connectivity index (χ4v) is 4.56. The molecule has 2 amide bonds. The second kappa shape index (κ2) is 13.1. The van der Waals surface area contributed by atoms with Gasteiger partial charge in [0.05, 0.1) is 19.1 Å². The van der Waals surface area contributed by atoms with E-state index in [0.717, 1.165) is 18.2 Å². The summed E-state index contributed by atoms with van der Waals surface area (Å²) >= 11 is 0. The van der Waals surface area contributed by atoms with Crippen LogP contribution < -0.4 is 14.4 Å². The van der Waals surface area contributed by atoms with Crippen molar-refractivity contribution in [2.45, 2.75) is 58.7 Å². The van der Waals surface area contributed by atoms with Gasteiger partial charge in [0, 0.05) is 31.6 Å². The number of sulfonamides is 1. The molecule has 35 heavy (non-hydrogen) atoms. The van der Waals surface area contributed by atoms with Crippen molar-refractivity contribution in [1.82, 2.24) is 10.2 Å². The summed E-state index contributed by atoms with van der Waals surface area (Å²) in [5.74, 6) is 0.125. The van der Waals surface area contributed by atoms with Crippen LogP contribution in [0.25, 0.3) is 0 Å². The summed E-state index contributed by atoms with van der Waals surface area (Å²) in [6.45, 7) is 6.05. The van der Waals surface area contributed by atoms with Gasteiger partial charge >= 0.3 is 0 Å². The molecule has 0 heterocycles. The maximum atomic E-state index is 13.3. The lowest BCUT2D eigenvalue weighted by Crippen LogP contribution is -2.49. The molecule has 1 N–H and O–H groups in total. The van der Waals surface area contributed by atoms with Crippen LogP contribution >= 0.6 is 0 Å². The summed E-state index contributed by atoms with van der Waals surface area (Å²) < 4.78 is 31.4. The van der Waals surface area contributed by atoms with Crippen LogP contribution in [0.5, 0.6) is 5.75 Å². The summed E-state index contributed by atoms with van der Waals surface area (Å²) in [6.07, 6.45) is 2.33. The first-order valence-electron chi connectivity index (χ1n) is 11.8. The number of amides is 2. The van der Waals surface area contributed by atoms with Crippen LogP contribution in [0.2, 0.25) is 0 Å². The largest absolute Gasteiger partial charge is 0.497 e. The maximum absolute atomic E-state index is 13.3. The van der Waals surface area contributed by atoms with Gasteiger partial charge in [0.1, 0.15) is 11.8 Å². The number of rotatable bonds is 13. The number of carbonyl (C=O) groups is 2. The molecule has 192 valence electrons. The predicted octanol–water partition coefficient (Wildman–Crippen LogP) is 3.57. The van der Waals surface area contributed by atoms with E-state index in [1.165, 1.54) is 11.4 Å². The molecule has 2 unspecified atom stereocenters. The topological polar surface area (TPSA) is 96.0 Å². The third-order valence-electron chi connectivity index (χ3n) is 5.86. The predicted molar refractivity (Wildman–Crippen MR) is 139 cm³/mol. The van der Waals surface area contributed by atoms with Crippen molar-refractivity contribution in [3.05, 3.63) is 60.2 Å². The summed E-state index contributed by atoms with van der Waals surface area (Å²) in [5, 5.41) is 2.94. The number of nitrogens with zero attached hydrogens (tertiary/aromatic N) is 2. The van der Waals surface area contributed by atoms with Gasteiger partial charge in [-0.3, -0.25) is 13.9 Å². The standard InChI is InChI=1S/C26H37N3O5S/c1-6-20(2)27-26(31)21(3)28(19-22-12-8-7-9-13-22)25(30)16-11-17-29(35(5,32)33)23-14-10-15-24(18-23)34-4/h7-10,12-15,18,20-21H,6,11,16-17,19H2,1-5H3,(H,27,31). The molecule has 9 heteroatoms. The Bertz CT molecular complexity index is 1080. The number of methoxy groups -OCH3 is 1. The Kier molecular flexibility index (Phi) is 10.6. The molecule has 0 bridgehead atoms. The van der Waals surface area contributed by atoms with E-state index in [0.29, 0.717) is 24.4 Å². The fraction of sp³-hybridized carbons (Fsp3) is 0.462. The summed E-state index contributed by atoms with van der Waals surface area (Å²) in [7, 11) is -2.05. The molecule has 2 atom stereocenters. The normalized spacial score (nSPS) is 12.9. The van der Waals surface area contributed by atoms with Crippen LogP contribution in [0, 0.1) is 0 Å². The van der Waals surface area contributed by atoms with Gasteiger partial charge in [-0.15, -0.1) is 0 Å². The fourth-order valence-electron chi connectivity index (χ4n) is 3.60. The van der Waals surface area contributed by atoms with E-state index in [9.17, 15) is 18.0 Å². The van der Waals surface area contributed by atoms with Crippen molar-refractivity contribution in [1.29, 1.82) is 0 Å². The first-order valence-corrected chi connectivity index (χ1v) is 13.7. The SMILES string of the molecule is CCC(C)NC(=O)C(C)N(Cc1ccccc1)C(=O)CCCN(c1cccc(OC)c1)S(C)(=O)=O. The number of ether oxygens (including phenoxy) is 1. The van der Waals surface area contributed by atoms with Crippen LogP contribution in [-0.4, -0.2) is 57.1 Å². The first-order chi connectivity index (χ1) is 16.6. The molecule has 0 saturated heterocycles. The third kappa shape index (κ3) is 8.58. The second-order valence-electron chi connectivity index (χ2n) is 8.64. The van der Waals surface area contributed by atoms with Crippen molar-refractivity contribution in [2.75, 3.05) is 24.2 Å². The molecule has 0 aromatic heterocycles. The average molecular weight is 504 g/mol. The van der Waals surface area contributed by atoms with Gasteiger partial charge in [0.15, 0.2) is 0 Å². The van der Waals surface area contributed by atoms with Crippen LogP contribution in [0.3, 0.4) is 0 Å². The van der Waals surface area contributed by atoms with E-state index < -0.39 is 16.1 Å². The number of benzene rings is 2. The zero-order valence-corrected chi connectivity index (χ0v) is 22.0. The Morgan fingerprint density at radius 2 is 1.74 bits per heavy atom. The quantitative estimate of drug-likeness (QED) is 0.451. The molecule has 0 aliphatic rings. The highest BCUT2D eigenvalue weighted by atomic mass is 32.2. The van der Waals surface area contributed by atoms with Crippen LogP contribution in [0.4, 0.5) is 5.69 Å². The Morgan fingerprint density at radius 1 is 1.06 bits per heavy atom. The molecule has 0 saturated carbocycles. The van der Waals surface area contributed by atoms with E-state index in [1.807, 2.05) is 44.2 Å². The zero-order chi connectivity index (χ0) is 26.0. The molecule has 0 fully saturated rings. The van der Waals surface area contributed by atoms with Gasteiger partial charge in [-0.05, 0) is 44.4 Å². The molecule has 0 radical (unpaired) electrons. The van der Waals surface area contributed by atoms with E-state index in [-0.39, 0.29) is 30.8 Å². The summed E-state index contributed by atoms with van der Waals surface area (Å²) in [6, 6.07) is 15.6. The Labute approximate surface area is 209 Å². The minimum absolute atomic E-state index is 0.00445. The Morgan fingerprint density at radius 3 is 2.34 bits per heavy atom. The van der Waals surface area contributed by atoms with E-state index >= 15 is 0 Å². The molecule has 8 nitrogen and oxygen atoms in total. The highest BCUT2D eigenvalue weighted by Gasteiger charge is 2.27. The Balaban J connectivity index is 2.15. The minimum Gasteiger partial charge on any atom is -0.497 e. The molecular weight excluding hydrogens is 466 g/mol.